The van der Waals surface area contributed by atoms with Gasteiger partial charge in [0.1, 0.15) is 0 Å². The molecule has 3 heteroatoms. The maximum atomic E-state index is 3.38. The molecule has 0 aromatic heterocycles. The average Bonchev–Trinajstić information content (AvgIpc) is 2.11. The first-order chi connectivity index (χ1) is 6.56. The Morgan fingerprint density at radius 1 is 1.29 bits per heavy atom. The molecule has 84 valence electrons. The number of piperazine rings is 1. The van der Waals surface area contributed by atoms with Crippen molar-refractivity contribution in [3.05, 3.63) is 0 Å². The van der Waals surface area contributed by atoms with Gasteiger partial charge in [-0.1, -0.05) is 6.92 Å². The van der Waals surface area contributed by atoms with Crippen LogP contribution in [0.2, 0.25) is 0 Å². The van der Waals surface area contributed by atoms with Gasteiger partial charge in [0.25, 0.3) is 0 Å². The highest BCUT2D eigenvalue weighted by molar-refractivity contribution is 4.88. The maximum absolute atomic E-state index is 3.38. The van der Waals surface area contributed by atoms with Gasteiger partial charge in [-0.15, -0.1) is 0 Å². The van der Waals surface area contributed by atoms with Crippen LogP contribution in [0.5, 0.6) is 0 Å². The summed E-state index contributed by atoms with van der Waals surface area (Å²) in [6.45, 7) is 13.8. The van der Waals surface area contributed by atoms with Gasteiger partial charge in [-0.25, -0.2) is 0 Å². The van der Waals surface area contributed by atoms with Gasteiger partial charge < -0.3 is 5.32 Å². The number of rotatable bonds is 4. The minimum absolute atomic E-state index is 0.338. The second kappa shape index (κ2) is 5.10. The zero-order valence-corrected chi connectivity index (χ0v) is 10.1. The molecule has 0 atom stereocenters. The molecule has 1 aliphatic rings. The van der Waals surface area contributed by atoms with Crippen LogP contribution in [-0.4, -0.2) is 61.7 Å². The topological polar surface area (TPSA) is 18.5 Å². The van der Waals surface area contributed by atoms with E-state index in [0.29, 0.717) is 5.54 Å². The number of nitrogens with zero attached hydrogens (tertiary/aromatic N) is 2. The van der Waals surface area contributed by atoms with Crippen molar-refractivity contribution in [2.45, 2.75) is 26.3 Å². The van der Waals surface area contributed by atoms with Gasteiger partial charge >= 0.3 is 0 Å². The van der Waals surface area contributed by atoms with Crippen molar-refractivity contribution in [3.8, 4) is 0 Å². The van der Waals surface area contributed by atoms with Gasteiger partial charge in [0, 0.05) is 38.3 Å². The quantitative estimate of drug-likeness (QED) is 0.670. The molecule has 1 aliphatic heterocycles. The van der Waals surface area contributed by atoms with Crippen LogP contribution in [0.3, 0.4) is 0 Å². The summed E-state index contributed by atoms with van der Waals surface area (Å²) in [5.41, 5.74) is 0.338. The van der Waals surface area contributed by atoms with E-state index in [2.05, 4.69) is 42.9 Å². The van der Waals surface area contributed by atoms with Crippen LogP contribution in [0.25, 0.3) is 0 Å². The van der Waals surface area contributed by atoms with Gasteiger partial charge in [-0.05, 0) is 27.4 Å². The summed E-state index contributed by atoms with van der Waals surface area (Å²) in [5.74, 6) is 0. The SMILES string of the molecule is CCNCCN1CCN(C)C(C)(C)C1. The van der Waals surface area contributed by atoms with E-state index in [0.717, 1.165) is 13.1 Å². The molecule has 0 unspecified atom stereocenters. The Morgan fingerprint density at radius 3 is 2.57 bits per heavy atom. The number of nitrogens with one attached hydrogen (secondary N) is 1. The van der Waals surface area contributed by atoms with E-state index in [1.807, 2.05) is 0 Å². The molecule has 0 spiro atoms. The van der Waals surface area contributed by atoms with E-state index in [4.69, 9.17) is 0 Å². The van der Waals surface area contributed by atoms with Crippen LogP contribution in [0.4, 0.5) is 0 Å². The largest absolute Gasteiger partial charge is 0.316 e. The molecule has 1 N–H and O–H groups in total. The predicted octanol–water partition coefficient (Wildman–Crippen LogP) is 0.622. The Labute approximate surface area is 88.5 Å². The summed E-state index contributed by atoms with van der Waals surface area (Å²) in [6, 6.07) is 0. The Morgan fingerprint density at radius 2 is 2.00 bits per heavy atom. The smallest absolute Gasteiger partial charge is 0.0277 e. The molecule has 0 aromatic carbocycles. The average molecular weight is 199 g/mol. The third-order valence-electron chi connectivity index (χ3n) is 3.25. The van der Waals surface area contributed by atoms with E-state index in [9.17, 15) is 0 Å². The molecule has 0 bridgehead atoms. The van der Waals surface area contributed by atoms with Gasteiger partial charge in [0.2, 0.25) is 0 Å². The minimum atomic E-state index is 0.338. The third kappa shape index (κ3) is 3.23. The molecule has 14 heavy (non-hydrogen) atoms. The van der Waals surface area contributed by atoms with Gasteiger partial charge in [0.05, 0.1) is 0 Å². The predicted molar refractivity (Wildman–Crippen MR) is 61.7 cm³/mol. The Kier molecular flexibility index (Phi) is 4.35. The number of hydrogen-bond acceptors (Lipinski definition) is 3. The van der Waals surface area contributed by atoms with Crippen LogP contribution in [0.1, 0.15) is 20.8 Å². The summed E-state index contributed by atoms with van der Waals surface area (Å²) in [7, 11) is 2.22. The first kappa shape index (κ1) is 12.0. The van der Waals surface area contributed by atoms with Crippen molar-refractivity contribution in [1.29, 1.82) is 0 Å². The molecule has 0 aromatic rings. The van der Waals surface area contributed by atoms with Gasteiger partial charge in [-0.3, -0.25) is 9.80 Å². The van der Waals surface area contributed by atoms with Crippen molar-refractivity contribution in [3.63, 3.8) is 0 Å². The number of likely N-dealkylation sites (N-methyl/N-ethyl adjacent to an activating group) is 2. The number of hydrogen-bond donors (Lipinski definition) is 1. The monoisotopic (exact) mass is 199 g/mol. The molecule has 0 amide bonds. The zero-order valence-electron chi connectivity index (χ0n) is 10.1. The normalized spacial score (nSPS) is 24.0. The highest BCUT2D eigenvalue weighted by atomic mass is 15.3. The molecule has 0 saturated carbocycles. The lowest BCUT2D eigenvalue weighted by molar-refractivity contribution is 0.0408. The molecule has 3 nitrogen and oxygen atoms in total. The first-order valence-corrected chi connectivity index (χ1v) is 5.70. The van der Waals surface area contributed by atoms with Gasteiger partial charge in [-0.2, -0.15) is 0 Å². The zero-order chi connectivity index (χ0) is 10.6. The second-order valence-corrected chi connectivity index (χ2v) is 4.86. The van der Waals surface area contributed by atoms with Crippen molar-refractivity contribution in [1.82, 2.24) is 15.1 Å². The minimum Gasteiger partial charge on any atom is -0.316 e. The fourth-order valence-electron chi connectivity index (χ4n) is 1.95. The van der Waals surface area contributed by atoms with E-state index >= 15 is 0 Å². The van der Waals surface area contributed by atoms with Crippen LogP contribution >= 0.6 is 0 Å². The molecule has 0 aliphatic carbocycles. The molecule has 1 fully saturated rings. The molecule has 1 rings (SSSR count). The first-order valence-electron chi connectivity index (χ1n) is 5.70. The lowest BCUT2D eigenvalue weighted by atomic mass is 10.00. The van der Waals surface area contributed by atoms with Crippen molar-refractivity contribution >= 4 is 0 Å². The molecule has 1 saturated heterocycles. The second-order valence-electron chi connectivity index (χ2n) is 4.86. The molecular formula is C11H25N3. The Balaban J connectivity index is 2.29. The van der Waals surface area contributed by atoms with Crippen molar-refractivity contribution < 1.29 is 0 Å². The van der Waals surface area contributed by atoms with Crippen molar-refractivity contribution in [2.75, 3.05) is 46.3 Å². The maximum Gasteiger partial charge on any atom is 0.0277 e. The molecule has 1 heterocycles. The highest BCUT2D eigenvalue weighted by Gasteiger charge is 2.30. The van der Waals surface area contributed by atoms with E-state index in [-0.39, 0.29) is 0 Å². The standard InChI is InChI=1S/C11H25N3/c1-5-12-6-7-14-9-8-13(4)11(2,3)10-14/h12H,5-10H2,1-4H3. The molecule has 0 radical (unpaired) electrons. The summed E-state index contributed by atoms with van der Waals surface area (Å²) < 4.78 is 0. The summed E-state index contributed by atoms with van der Waals surface area (Å²) in [5, 5.41) is 3.38. The third-order valence-corrected chi connectivity index (χ3v) is 3.25. The fraction of sp³-hybridized carbons (Fsp3) is 1.00. The van der Waals surface area contributed by atoms with E-state index in [1.54, 1.807) is 0 Å². The highest BCUT2D eigenvalue weighted by Crippen LogP contribution is 2.17. The van der Waals surface area contributed by atoms with Gasteiger partial charge in [0.15, 0.2) is 0 Å². The Bertz CT molecular complexity index is 168. The van der Waals surface area contributed by atoms with Crippen LogP contribution in [0.15, 0.2) is 0 Å². The van der Waals surface area contributed by atoms with Crippen LogP contribution < -0.4 is 5.32 Å². The van der Waals surface area contributed by atoms with E-state index < -0.39 is 0 Å². The molecular weight excluding hydrogens is 174 g/mol. The Hall–Kier alpha value is -0.120. The lowest BCUT2D eigenvalue weighted by Crippen LogP contribution is -2.58. The summed E-state index contributed by atoms with van der Waals surface area (Å²) in [4.78, 5) is 5.01. The van der Waals surface area contributed by atoms with Crippen LogP contribution in [0, 0.1) is 0 Å². The fourth-order valence-corrected chi connectivity index (χ4v) is 1.95. The summed E-state index contributed by atoms with van der Waals surface area (Å²) >= 11 is 0. The van der Waals surface area contributed by atoms with Crippen molar-refractivity contribution in [2.24, 2.45) is 0 Å². The van der Waals surface area contributed by atoms with E-state index in [1.165, 1.54) is 26.2 Å². The van der Waals surface area contributed by atoms with Crippen LogP contribution in [-0.2, 0) is 0 Å². The summed E-state index contributed by atoms with van der Waals surface area (Å²) in [6.07, 6.45) is 0. The lowest BCUT2D eigenvalue weighted by Gasteiger charge is -2.45.